The van der Waals surface area contributed by atoms with E-state index in [0.29, 0.717) is 19.3 Å². The van der Waals surface area contributed by atoms with Crippen molar-refractivity contribution in [2.45, 2.75) is 309 Å². The summed E-state index contributed by atoms with van der Waals surface area (Å²) in [4.78, 5) is 37.7. The smallest absolute Gasteiger partial charge is 0.306 e. The summed E-state index contributed by atoms with van der Waals surface area (Å²) in [6, 6.07) is 0. The normalized spacial score (nSPS) is 12.0. The van der Waals surface area contributed by atoms with Gasteiger partial charge in [-0.1, -0.05) is 251 Å². The molecule has 6 nitrogen and oxygen atoms in total. The SMILES string of the molecule is CCCCCCCC/C=C\CCCCCCCCCCCC(=O)OCC(COC(=O)CCCCCCC)OC(=O)CCCCCCCCCCCCCCCCCCCCC. The average molecular weight is 861 g/mol. The lowest BCUT2D eigenvalue weighted by Gasteiger charge is -2.18. The second kappa shape index (κ2) is 50.8. The van der Waals surface area contributed by atoms with Crippen LogP contribution in [0.2, 0.25) is 0 Å². The molecule has 0 rings (SSSR count). The molecule has 0 spiro atoms. The van der Waals surface area contributed by atoms with Crippen molar-refractivity contribution in [1.29, 1.82) is 0 Å². The summed E-state index contributed by atoms with van der Waals surface area (Å²) < 4.78 is 16.7. The van der Waals surface area contributed by atoms with Gasteiger partial charge in [-0.25, -0.2) is 0 Å². The van der Waals surface area contributed by atoms with Crippen molar-refractivity contribution < 1.29 is 28.6 Å². The summed E-state index contributed by atoms with van der Waals surface area (Å²) in [6.07, 6.45) is 56.7. The summed E-state index contributed by atoms with van der Waals surface area (Å²) in [5.41, 5.74) is 0. The number of carbonyl (C=O) groups is 3. The van der Waals surface area contributed by atoms with E-state index in [1.54, 1.807) is 0 Å². The number of ether oxygens (including phenoxy) is 3. The lowest BCUT2D eigenvalue weighted by Crippen LogP contribution is -2.30. The second-order valence-corrected chi connectivity index (χ2v) is 18.5. The van der Waals surface area contributed by atoms with E-state index in [1.807, 2.05) is 0 Å². The number of hydrogen-bond donors (Lipinski definition) is 0. The Hall–Kier alpha value is -1.85. The molecule has 1 unspecified atom stereocenters. The van der Waals surface area contributed by atoms with Gasteiger partial charge in [0.25, 0.3) is 0 Å². The van der Waals surface area contributed by atoms with Crippen LogP contribution < -0.4 is 0 Å². The van der Waals surface area contributed by atoms with Crippen LogP contribution in [0.1, 0.15) is 303 Å². The van der Waals surface area contributed by atoms with Gasteiger partial charge in [-0.3, -0.25) is 14.4 Å². The molecule has 0 aliphatic rings. The monoisotopic (exact) mass is 861 g/mol. The van der Waals surface area contributed by atoms with E-state index >= 15 is 0 Å². The first-order chi connectivity index (χ1) is 30.0. The van der Waals surface area contributed by atoms with Gasteiger partial charge in [0, 0.05) is 19.3 Å². The predicted octanol–water partition coefficient (Wildman–Crippen LogP) is 17.8. The van der Waals surface area contributed by atoms with Crippen LogP contribution in [-0.4, -0.2) is 37.2 Å². The van der Waals surface area contributed by atoms with E-state index in [1.165, 1.54) is 199 Å². The molecule has 360 valence electrons. The van der Waals surface area contributed by atoms with Crippen LogP contribution in [-0.2, 0) is 28.6 Å². The summed E-state index contributed by atoms with van der Waals surface area (Å²) in [6.45, 7) is 6.60. The minimum atomic E-state index is -0.762. The second-order valence-electron chi connectivity index (χ2n) is 18.5. The molecule has 0 amide bonds. The van der Waals surface area contributed by atoms with E-state index in [0.717, 1.165) is 64.2 Å². The Labute approximate surface area is 380 Å². The van der Waals surface area contributed by atoms with Gasteiger partial charge < -0.3 is 14.2 Å². The largest absolute Gasteiger partial charge is 0.462 e. The molecule has 0 saturated heterocycles. The van der Waals surface area contributed by atoms with Crippen LogP contribution >= 0.6 is 0 Å². The highest BCUT2D eigenvalue weighted by atomic mass is 16.6. The fourth-order valence-electron chi connectivity index (χ4n) is 8.14. The van der Waals surface area contributed by atoms with Crippen LogP contribution in [0.15, 0.2) is 12.2 Å². The molecule has 0 radical (unpaired) electrons. The average Bonchev–Trinajstić information content (AvgIpc) is 3.26. The van der Waals surface area contributed by atoms with Gasteiger partial charge in [0.15, 0.2) is 6.10 Å². The van der Waals surface area contributed by atoms with Crippen molar-refractivity contribution >= 4 is 17.9 Å². The van der Waals surface area contributed by atoms with Crippen LogP contribution in [0.5, 0.6) is 0 Å². The van der Waals surface area contributed by atoms with Crippen LogP contribution in [0.4, 0.5) is 0 Å². The number of unbranched alkanes of at least 4 members (excludes halogenated alkanes) is 37. The van der Waals surface area contributed by atoms with Gasteiger partial charge in [-0.05, 0) is 44.9 Å². The molecule has 0 saturated carbocycles. The lowest BCUT2D eigenvalue weighted by atomic mass is 10.0. The standard InChI is InChI=1S/C55H104O6/c1-4-7-10-13-15-17-19-21-23-25-27-29-31-33-35-37-39-42-45-48-54(57)60-51-52(50-59-53(56)47-44-41-12-9-6-3)61-55(58)49-46-43-40-38-36-34-32-30-28-26-24-22-20-18-16-14-11-8-5-2/h21,23,52H,4-20,22,24-51H2,1-3H3/b23-21-. The molecule has 61 heavy (non-hydrogen) atoms. The number of allylic oxidation sites excluding steroid dienone is 2. The minimum Gasteiger partial charge on any atom is -0.462 e. The van der Waals surface area contributed by atoms with E-state index < -0.39 is 6.10 Å². The quantitative estimate of drug-likeness (QED) is 0.0262. The molecular formula is C55H104O6. The van der Waals surface area contributed by atoms with Crippen molar-refractivity contribution in [2.75, 3.05) is 13.2 Å². The van der Waals surface area contributed by atoms with Gasteiger partial charge in [0.05, 0.1) is 0 Å². The van der Waals surface area contributed by atoms with Crippen molar-refractivity contribution in [3.8, 4) is 0 Å². The minimum absolute atomic E-state index is 0.0670. The maximum Gasteiger partial charge on any atom is 0.306 e. The fraction of sp³-hybridized carbons (Fsp3) is 0.909. The van der Waals surface area contributed by atoms with Crippen molar-refractivity contribution in [1.82, 2.24) is 0 Å². The summed E-state index contributed by atoms with van der Waals surface area (Å²) in [5.74, 6) is -0.865. The molecule has 0 fully saturated rings. The summed E-state index contributed by atoms with van der Waals surface area (Å²) >= 11 is 0. The molecule has 0 aromatic carbocycles. The van der Waals surface area contributed by atoms with Crippen molar-refractivity contribution in [2.24, 2.45) is 0 Å². The zero-order valence-electron chi connectivity index (χ0n) is 41.2. The Bertz CT molecular complexity index is 947. The number of rotatable bonds is 50. The Balaban J connectivity index is 4.08. The Kier molecular flexibility index (Phi) is 49.3. The molecule has 0 aliphatic heterocycles. The van der Waals surface area contributed by atoms with E-state index in [4.69, 9.17) is 14.2 Å². The number of esters is 3. The van der Waals surface area contributed by atoms with Gasteiger partial charge in [0.1, 0.15) is 13.2 Å². The number of carbonyl (C=O) groups excluding carboxylic acids is 3. The Morgan fingerprint density at radius 1 is 0.311 bits per heavy atom. The Morgan fingerprint density at radius 2 is 0.541 bits per heavy atom. The topological polar surface area (TPSA) is 78.9 Å². The maximum absolute atomic E-state index is 12.8. The maximum atomic E-state index is 12.8. The van der Waals surface area contributed by atoms with Gasteiger partial charge in [-0.15, -0.1) is 0 Å². The van der Waals surface area contributed by atoms with Crippen LogP contribution in [0.3, 0.4) is 0 Å². The molecular weight excluding hydrogens is 757 g/mol. The molecule has 0 bridgehead atoms. The van der Waals surface area contributed by atoms with E-state index in [-0.39, 0.29) is 31.1 Å². The molecule has 0 heterocycles. The van der Waals surface area contributed by atoms with E-state index in [9.17, 15) is 14.4 Å². The highest BCUT2D eigenvalue weighted by Gasteiger charge is 2.19. The first-order valence-electron chi connectivity index (χ1n) is 27.2. The van der Waals surface area contributed by atoms with Crippen LogP contribution in [0, 0.1) is 0 Å². The van der Waals surface area contributed by atoms with Gasteiger partial charge in [0.2, 0.25) is 0 Å². The third-order valence-corrected chi connectivity index (χ3v) is 12.3. The third-order valence-electron chi connectivity index (χ3n) is 12.3. The van der Waals surface area contributed by atoms with Crippen molar-refractivity contribution in [3.63, 3.8) is 0 Å². The van der Waals surface area contributed by atoms with Crippen molar-refractivity contribution in [3.05, 3.63) is 12.2 Å². The third kappa shape index (κ3) is 49.0. The number of hydrogen-bond acceptors (Lipinski definition) is 6. The highest BCUT2D eigenvalue weighted by Crippen LogP contribution is 2.17. The molecule has 1 atom stereocenters. The predicted molar refractivity (Wildman–Crippen MR) is 261 cm³/mol. The zero-order chi connectivity index (χ0) is 44.4. The summed E-state index contributed by atoms with van der Waals surface area (Å²) in [7, 11) is 0. The fourth-order valence-corrected chi connectivity index (χ4v) is 8.14. The molecule has 0 aromatic rings. The Morgan fingerprint density at radius 3 is 0.820 bits per heavy atom. The lowest BCUT2D eigenvalue weighted by molar-refractivity contribution is -0.167. The molecule has 0 aromatic heterocycles. The first-order valence-corrected chi connectivity index (χ1v) is 27.2. The van der Waals surface area contributed by atoms with Crippen LogP contribution in [0.25, 0.3) is 0 Å². The summed E-state index contributed by atoms with van der Waals surface area (Å²) in [5, 5.41) is 0. The molecule has 0 aliphatic carbocycles. The van der Waals surface area contributed by atoms with Gasteiger partial charge in [-0.2, -0.15) is 0 Å². The highest BCUT2D eigenvalue weighted by molar-refractivity contribution is 5.71. The van der Waals surface area contributed by atoms with Gasteiger partial charge >= 0.3 is 17.9 Å². The molecule has 6 heteroatoms. The van der Waals surface area contributed by atoms with E-state index in [2.05, 4.69) is 32.9 Å². The first kappa shape index (κ1) is 59.1. The zero-order valence-corrected chi connectivity index (χ0v) is 41.2. The molecule has 0 N–H and O–H groups in total.